The number of unbranched alkanes of at least 4 members (excludes halogenated alkanes) is 2. The minimum absolute atomic E-state index is 0.0849. The van der Waals surface area contributed by atoms with Crippen LogP contribution in [0.3, 0.4) is 0 Å². The first-order valence-corrected chi connectivity index (χ1v) is 11.6. The third-order valence-electron chi connectivity index (χ3n) is 5.82. The van der Waals surface area contributed by atoms with Gasteiger partial charge in [0.1, 0.15) is 6.61 Å². The average Bonchev–Trinajstić information content (AvgIpc) is 2.80. The third kappa shape index (κ3) is 6.67. The summed E-state index contributed by atoms with van der Waals surface area (Å²) in [5, 5.41) is 0. The van der Waals surface area contributed by atoms with E-state index >= 15 is 0 Å². The van der Waals surface area contributed by atoms with E-state index in [4.69, 9.17) is 14.2 Å². The van der Waals surface area contributed by atoms with E-state index in [1.165, 1.54) is 43.4 Å². The summed E-state index contributed by atoms with van der Waals surface area (Å²) in [5.74, 6) is -1.80. The van der Waals surface area contributed by atoms with Crippen LogP contribution in [0.15, 0.2) is 36.4 Å². The van der Waals surface area contributed by atoms with E-state index < -0.39 is 11.6 Å². The quantitative estimate of drug-likeness (QED) is 0.352. The van der Waals surface area contributed by atoms with Gasteiger partial charge in [0.05, 0.1) is 19.3 Å². The number of halogens is 2. The standard InChI is InChI=1S/C26H34F2O3/c1-3-5-6-7-22-13-12-21(18-30-22)20-10-8-19(9-11-20)17-31-24-15-14-23(29-16-4-2)25(27)26(24)28/h8-11,14-15,21-22H,3-7,12-13,16-18H2,1-2H3. The molecule has 0 radical (unpaired) electrons. The van der Waals surface area contributed by atoms with Crippen molar-refractivity contribution in [2.45, 2.75) is 77.4 Å². The molecule has 5 heteroatoms. The molecule has 0 aliphatic carbocycles. The highest BCUT2D eigenvalue weighted by Crippen LogP contribution is 2.31. The average molecular weight is 433 g/mol. The Kier molecular flexibility index (Phi) is 9.13. The van der Waals surface area contributed by atoms with Gasteiger partial charge in [-0.3, -0.25) is 0 Å². The fraction of sp³-hybridized carbons (Fsp3) is 0.538. The van der Waals surface area contributed by atoms with Crippen LogP contribution in [-0.4, -0.2) is 19.3 Å². The molecule has 0 saturated carbocycles. The highest BCUT2D eigenvalue weighted by Gasteiger charge is 2.22. The summed E-state index contributed by atoms with van der Waals surface area (Å²) in [7, 11) is 0. The molecule has 1 aliphatic rings. The Morgan fingerprint density at radius 1 is 0.871 bits per heavy atom. The second kappa shape index (κ2) is 12.0. The van der Waals surface area contributed by atoms with Crippen LogP contribution in [0.5, 0.6) is 11.5 Å². The van der Waals surface area contributed by atoms with E-state index in [0.717, 1.165) is 31.4 Å². The van der Waals surface area contributed by atoms with Crippen molar-refractivity contribution in [3.63, 3.8) is 0 Å². The van der Waals surface area contributed by atoms with Gasteiger partial charge in [0, 0.05) is 5.92 Å². The summed E-state index contributed by atoms with van der Waals surface area (Å²) in [6.45, 7) is 5.41. The summed E-state index contributed by atoms with van der Waals surface area (Å²) in [5.41, 5.74) is 2.16. The second-order valence-electron chi connectivity index (χ2n) is 8.29. The van der Waals surface area contributed by atoms with Crippen molar-refractivity contribution in [3.8, 4) is 11.5 Å². The van der Waals surface area contributed by atoms with Crippen LogP contribution >= 0.6 is 0 Å². The molecule has 3 nitrogen and oxygen atoms in total. The van der Waals surface area contributed by atoms with E-state index in [-0.39, 0.29) is 18.1 Å². The molecule has 0 aromatic heterocycles. The van der Waals surface area contributed by atoms with Gasteiger partial charge < -0.3 is 14.2 Å². The van der Waals surface area contributed by atoms with E-state index in [1.807, 2.05) is 19.1 Å². The van der Waals surface area contributed by atoms with E-state index in [1.54, 1.807) is 0 Å². The van der Waals surface area contributed by atoms with Crippen molar-refractivity contribution in [3.05, 3.63) is 59.2 Å². The van der Waals surface area contributed by atoms with Crippen LogP contribution in [0.2, 0.25) is 0 Å². The molecule has 0 N–H and O–H groups in total. The Morgan fingerprint density at radius 2 is 1.58 bits per heavy atom. The van der Waals surface area contributed by atoms with Crippen LogP contribution < -0.4 is 9.47 Å². The summed E-state index contributed by atoms with van der Waals surface area (Å²) >= 11 is 0. The fourth-order valence-corrected chi connectivity index (χ4v) is 3.91. The van der Waals surface area contributed by atoms with Gasteiger partial charge in [-0.1, -0.05) is 57.4 Å². The molecular formula is C26H34F2O3. The van der Waals surface area contributed by atoms with Crippen LogP contribution in [0, 0.1) is 11.6 Å². The molecule has 1 heterocycles. The van der Waals surface area contributed by atoms with E-state index in [2.05, 4.69) is 19.1 Å². The second-order valence-corrected chi connectivity index (χ2v) is 8.29. The van der Waals surface area contributed by atoms with Gasteiger partial charge in [0.25, 0.3) is 0 Å². The third-order valence-corrected chi connectivity index (χ3v) is 5.82. The lowest BCUT2D eigenvalue weighted by atomic mass is 9.90. The maximum atomic E-state index is 14.2. The predicted octanol–water partition coefficient (Wildman–Crippen LogP) is 7.18. The van der Waals surface area contributed by atoms with Gasteiger partial charge in [0.15, 0.2) is 11.5 Å². The number of ether oxygens (including phenoxy) is 3. The Morgan fingerprint density at radius 3 is 2.19 bits per heavy atom. The molecule has 1 saturated heterocycles. The molecule has 3 rings (SSSR count). The maximum Gasteiger partial charge on any atom is 0.204 e. The lowest BCUT2D eigenvalue weighted by molar-refractivity contribution is -0.00208. The fourth-order valence-electron chi connectivity index (χ4n) is 3.91. The van der Waals surface area contributed by atoms with Crippen LogP contribution in [0.25, 0.3) is 0 Å². The highest BCUT2D eigenvalue weighted by atomic mass is 19.2. The summed E-state index contributed by atoms with van der Waals surface area (Å²) in [6.07, 6.45) is 8.32. The molecule has 31 heavy (non-hydrogen) atoms. The van der Waals surface area contributed by atoms with Crippen molar-refractivity contribution in [2.75, 3.05) is 13.2 Å². The SMILES string of the molecule is CCCCCC1CCC(c2ccc(COc3ccc(OCCC)c(F)c3F)cc2)CO1. The molecule has 0 spiro atoms. The van der Waals surface area contributed by atoms with Crippen LogP contribution in [0.4, 0.5) is 8.78 Å². The predicted molar refractivity (Wildman–Crippen MR) is 119 cm³/mol. The maximum absolute atomic E-state index is 14.2. The first-order valence-electron chi connectivity index (χ1n) is 11.6. The molecule has 2 aromatic carbocycles. The molecule has 0 amide bonds. The zero-order valence-electron chi connectivity index (χ0n) is 18.7. The topological polar surface area (TPSA) is 27.7 Å². The van der Waals surface area contributed by atoms with Gasteiger partial charge in [-0.05, 0) is 48.9 Å². The summed E-state index contributed by atoms with van der Waals surface area (Å²) < 4.78 is 45.1. The smallest absolute Gasteiger partial charge is 0.204 e. The monoisotopic (exact) mass is 432 g/mol. The van der Waals surface area contributed by atoms with Crippen LogP contribution in [-0.2, 0) is 11.3 Å². The van der Waals surface area contributed by atoms with E-state index in [9.17, 15) is 8.78 Å². The zero-order chi connectivity index (χ0) is 22.1. The Labute approximate surface area is 184 Å². The van der Waals surface area contributed by atoms with Gasteiger partial charge in [-0.15, -0.1) is 0 Å². The number of rotatable bonds is 11. The molecule has 1 fully saturated rings. The lowest BCUT2D eigenvalue weighted by Crippen LogP contribution is -2.24. The molecule has 0 bridgehead atoms. The molecule has 2 aromatic rings. The minimum atomic E-state index is -1.02. The molecule has 2 atom stereocenters. The summed E-state index contributed by atoms with van der Waals surface area (Å²) in [4.78, 5) is 0. The van der Waals surface area contributed by atoms with Crippen molar-refractivity contribution >= 4 is 0 Å². The number of benzene rings is 2. The Balaban J connectivity index is 1.50. The first kappa shape index (κ1) is 23.5. The van der Waals surface area contributed by atoms with Crippen LogP contribution in [0.1, 0.15) is 75.8 Å². The van der Waals surface area contributed by atoms with Gasteiger partial charge >= 0.3 is 0 Å². The number of hydrogen-bond acceptors (Lipinski definition) is 3. The highest BCUT2D eigenvalue weighted by molar-refractivity contribution is 5.35. The zero-order valence-corrected chi connectivity index (χ0v) is 18.7. The van der Waals surface area contributed by atoms with Gasteiger partial charge in [-0.25, -0.2) is 0 Å². The largest absolute Gasteiger partial charge is 0.490 e. The Hall–Kier alpha value is -2.14. The lowest BCUT2D eigenvalue weighted by Gasteiger charge is -2.29. The van der Waals surface area contributed by atoms with Crippen molar-refractivity contribution in [2.24, 2.45) is 0 Å². The summed E-state index contributed by atoms with van der Waals surface area (Å²) in [6, 6.07) is 11.0. The normalized spacial score (nSPS) is 18.7. The molecule has 1 aliphatic heterocycles. The number of hydrogen-bond donors (Lipinski definition) is 0. The van der Waals surface area contributed by atoms with Crippen molar-refractivity contribution < 1.29 is 23.0 Å². The van der Waals surface area contributed by atoms with Crippen molar-refractivity contribution in [1.82, 2.24) is 0 Å². The van der Waals surface area contributed by atoms with E-state index in [0.29, 0.717) is 18.6 Å². The molecular weight excluding hydrogens is 398 g/mol. The van der Waals surface area contributed by atoms with Gasteiger partial charge in [-0.2, -0.15) is 8.78 Å². The Bertz CT molecular complexity index is 799. The molecule has 2 unspecified atom stereocenters. The minimum Gasteiger partial charge on any atom is -0.490 e. The van der Waals surface area contributed by atoms with Gasteiger partial charge in [0.2, 0.25) is 11.6 Å². The first-order chi connectivity index (χ1) is 15.1. The molecule has 170 valence electrons. The van der Waals surface area contributed by atoms with Crippen molar-refractivity contribution in [1.29, 1.82) is 0 Å².